The number of aromatic nitrogens is 2. The number of benzene rings is 1. The van der Waals surface area contributed by atoms with Crippen LogP contribution in [-0.2, 0) is 0 Å². The summed E-state index contributed by atoms with van der Waals surface area (Å²) in [5, 5.41) is 8.31. The van der Waals surface area contributed by atoms with E-state index in [9.17, 15) is 0 Å². The first-order valence-corrected chi connectivity index (χ1v) is 6.72. The maximum absolute atomic E-state index is 7.62. The summed E-state index contributed by atoms with van der Waals surface area (Å²) < 4.78 is 0. The Morgan fingerprint density at radius 1 is 1.11 bits per heavy atom. The van der Waals surface area contributed by atoms with E-state index in [0.717, 1.165) is 27.4 Å². The second-order valence-corrected chi connectivity index (χ2v) is 5.46. The van der Waals surface area contributed by atoms with Gasteiger partial charge in [-0.15, -0.1) is 0 Å². The molecule has 0 spiro atoms. The maximum atomic E-state index is 7.62. The summed E-state index contributed by atoms with van der Waals surface area (Å²) in [4.78, 5) is 9.71. The van der Waals surface area contributed by atoms with Gasteiger partial charge < -0.3 is 5.73 Å². The first-order valence-electron chi connectivity index (χ1n) is 5.91. The lowest BCUT2D eigenvalue weighted by Crippen LogP contribution is -2.12. The molecule has 0 radical (unpaired) electrons. The Morgan fingerprint density at radius 2 is 1.74 bits per heavy atom. The molecule has 0 bridgehead atoms. The van der Waals surface area contributed by atoms with Gasteiger partial charge >= 0.3 is 0 Å². The van der Waals surface area contributed by atoms with Gasteiger partial charge in [-0.1, -0.05) is 6.07 Å². The van der Waals surface area contributed by atoms with E-state index in [1.165, 1.54) is 11.8 Å². The monoisotopic (exact) mass is 272 g/mol. The van der Waals surface area contributed by atoms with E-state index in [2.05, 4.69) is 9.97 Å². The average molecular weight is 272 g/mol. The van der Waals surface area contributed by atoms with Crippen LogP contribution in [0.5, 0.6) is 0 Å². The molecule has 5 heteroatoms. The summed E-state index contributed by atoms with van der Waals surface area (Å²) in [5.41, 5.74) is 9.32. The number of nitrogen functional groups attached to an aromatic ring is 1. The fraction of sp³-hybridized carbons (Fsp3) is 0.214. The third-order valence-electron chi connectivity index (χ3n) is 2.59. The quantitative estimate of drug-likeness (QED) is 0.512. The van der Waals surface area contributed by atoms with Crippen LogP contribution in [-0.4, -0.2) is 15.8 Å². The molecular weight excluding hydrogens is 256 g/mol. The van der Waals surface area contributed by atoms with E-state index >= 15 is 0 Å². The largest absolute Gasteiger partial charge is 0.384 e. The zero-order valence-corrected chi connectivity index (χ0v) is 12.0. The molecule has 98 valence electrons. The van der Waals surface area contributed by atoms with E-state index in [1.807, 2.05) is 45.0 Å². The van der Waals surface area contributed by atoms with Gasteiger partial charge in [0.15, 0.2) is 5.16 Å². The summed E-state index contributed by atoms with van der Waals surface area (Å²) in [7, 11) is 0. The van der Waals surface area contributed by atoms with Crippen molar-refractivity contribution in [1.29, 1.82) is 5.41 Å². The molecule has 0 saturated carbocycles. The van der Waals surface area contributed by atoms with Crippen LogP contribution in [0, 0.1) is 26.2 Å². The van der Waals surface area contributed by atoms with E-state index < -0.39 is 0 Å². The van der Waals surface area contributed by atoms with Crippen LogP contribution in [0.15, 0.2) is 34.3 Å². The molecule has 0 aliphatic carbocycles. The second kappa shape index (κ2) is 5.40. The maximum Gasteiger partial charge on any atom is 0.192 e. The van der Waals surface area contributed by atoms with Gasteiger partial charge in [-0.3, -0.25) is 5.41 Å². The third kappa shape index (κ3) is 3.32. The number of rotatable bonds is 3. The number of aryl methyl sites for hydroxylation is 3. The molecule has 1 aromatic carbocycles. The number of nitrogens with two attached hydrogens (primary N) is 1. The molecule has 1 heterocycles. The van der Waals surface area contributed by atoms with E-state index in [1.54, 1.807) is 0 Å². The number of nitrogens with one attached hydrogen (secondary N) is 1. The lowest BCUT2D eigenvalue weighted by atomic mass is 10.1. The summed E-state index contributed by atoms with van der Waals surface area (Å²) in [6.07, 6.45) is 0. The van der Waals surface area contributed by atoms with Crippen LogP contribution in [0.25, 0.3) is 0 Å². The normalized spacial score (nSPS) is 10.5. The minimum atomic E-state index is 0.0619. The van der Waals surface area contributed by atoms with Crippen LogP contribution >= 0.6 is 11.8 Å². The van der Waals surface area contributed by atoms with Crippen molar-refractivity contribution in [3.05, 3.63) is 46.8 Å². The van der Waals surface area contributed by atoms with Crippen LogP contribution in [0.1, 0.15) is 22.5 Å². The Kier molecular flexibility index (Phi) is 3.85. The van der Waals surface area contributed by atoms with Gasteiger partial charge in [-0.05, 0) is 56.3 Å². The lowest BCUT2D eigenvalue weighted by molar-refractivity contribution is 0.902. The number of hydrogen-bond acceptors (Lipinski definition) is 4. The molecule has 0 saturated heterocycles. The van der Waals surface area contributed by atoms with Crippen LogP contribution < -0.4 is 5.73 Å². The molecule has 3 N–H and O–H groups in total. The van der Waals surface area contributed by atoms with E-state index in [4.69, 9.17) is 11.1 Å². The van der Waals surface area contributed by atoms with Crippen molar-refractivity contribution in [2.24, 2.45) is 5.73 Å². The van der Waals surface area contributed by atoms with E-state index in [0.29, 0.717) is 5.16 Å². The highest BCUT2D eigenvalue weighted by molar-refractivity contribution is 7.99. The lowest BCUT2D eigenvalue weighted by Gasteiger charge is -2.09. The SMILES string of the molecule is Cc1ccc(C(=N)N)c(Sc2nc(C)cc(C)n2)c1. The number of nitrogens with zero attached hydrogens (tertiary/aromatic N) is 2. The first-order chi connectivity index (χ1) is 8.95. The van der Waals surface area contributed by atoms with Gasteiger partial charge in [0.05, 0.1) is 0 Å². The molecule has 1 aromatic heterocycles. The zero-order chi connectivity index (χ0) is 14.0. The van der Waals surface area contributed by atoms with Crippen molar-refractivity contribution in [3.8, 4) is 0 Å². The van der Waals surface area contributed by atoms with Gasteiger partial charge in [-0.2, -0.15) is 0 Å². The molecule has 4 nitrogen and oxygen atoms in total. The molecule has 2 rings (SSSR count). The standard InChI is InChI=1S/C14H16N4S/c1-8-4-5-11(13(15)16)12(6-8)19-14-17-9(2)7-10(3)18-14/h4-7H,1-3H3,(H3,15,16). The van der Waals surface area contributed by atoms with Crippen molar-refractivity contribution in [1.82, 2.24) is 9.97 Å². The molecule has 0 amide bonds. The molecule has 19 heavy (non-hydrogen) atoms. The summed E-state index contributed by atoms with van der Waals surface area (Å²) in [5.74, 6) is 0.0619. The molecular formula is C14H16N4S. The predicted octanol–water partition coefficient (Wildman–Crippen LogP) is 2.84. The Bertz CT molecular complexity index is 617. The first kappa shape index (κ1) is 13.5. The van der Waals surface area contributed by atoms with Gasteiger partial charge in [0.2, 0.25) is 0 Å². The minimum absolute atomic E-state index is 0.0619. The fourth-order valence-corrected chi connectivity index (χ4v) is 2.88. The number of amidine groups is 1. The topological polar surface area (TPSA) is 75.7 Å². The van der Waals surface area contributed by atoms with Crippen molar-refractivity contribution in [3.63, 3.8) is 0 Å². The van der Waals surface area contributed by atoms with Crippen molar-refractivity contribution >= 4 is 17.6 Å². The number of hydrogen-bond donors (Lipinski definition) is 2. The average Bonchev–Trinajstić information content (AvgIpc) is 2.26. The van der Waals surface area contributed by atoms with Gasteiger partial charge in [-0.25, -0.2) is 9.97 Å². The highest BCUT2D eigenvalue weighted by Crippen LogP contribution is 2.29. The third-order valence-corrected chi connectivity index (χ3v) is 3.51. The Labute approximate surface area is 117 Å². The summed E-state index contributed by atoms with van der Waals surface area (Å²) >= 11 is 1.44. The molecule has 0 fully saturated rings. The smallest absolute Gasteiger partial charge is 0.192 e. The predicted molar refractivity (Wildman–Crippen MR) is 77.8 cm³/mol. The van der Waals surface area contributed by atoms with E-state index in [-0.39, 0.29) is 5.84 Å². The molecule has 0 aliphatic rings. The van der Waals surface area contributed by atoms with Gasteiger partial charge in [0.1, 0.15) is 5.84 Å². The van der Waals surface area contributed by atoms with Gasteiger partial charge in [0.25, 0.3) is 0 Å². The van der Waals surface area contributed by atoms with Gasteiger partial charge in [0, 0.05) is 21.8 Å². The Morgan fingerprint density at radius 3 is 2.32 bits per heavy atom. The molecule has 0 aliphatic heterocycles. The second-order valence-electron chi connectivity index (χ2n) is 4.45. The summed E-state index contributed by atoms with van der Waals surface area (Å²) in [6, 6.07) is 7.75. The van der Waals surface area contributed by atoms with Crippen LogP contribution in [0.2, 0.25) is 0 Å². The Hall–Kier alpha value is -1.88. The highest BCUT2D eigenvalue weighted by Gasteiger charge is 2.10. The molecule has 2 aromatic rings. The molecule has 0 atom stereocenters. The minimum Gasteiger partial charge on any atom is -0.384 e. The van der Waals surface area contributed by atoms with Crippen LogP contribution in [0.3, 0.4) is 0 Å². The van der Waals surface area contributed by atoms with Crippen molar-refractivity contribution in [2.75, 3.05) is 0 Å². The Balaban J connectivity index is 2.42. The zero-order valence-electron chi connectivity index (χ0n) is 11.2. The molecule has 0 unspecified atom stereocenters. The summed E-state index contributed by atoms with van der Waals surface area (Å²) in [6.45, 7) is 5.90. The van der Waals surface area contributed by atoms with Crippen molar-refractivity contribution < 1.29 is 0 Å². The van der Waals surface area contributed by atoms with Crippen molar-refractivity contribution in [2.45, 2.75) is 30.8 Å². The fourth-order valence-electron chi connectivity index (χ4n) is 1.77. The van der Waals surface area contributed by atoms with Crippen LogP contribution in [0.4, 0.5) is 0 Å². The highest BCUT2D eigenvalue weighted by atomic mass is 32.2.